The molecule has 2 unspecified atom stereocenters. The van der Waals surface area contributed by atoms with E-state index in [1.807, 2.05) is 18.7 Å². The maximum Gasteiger partial charge on any atom is 0.257 e. The Labute approximate surface area is 175 Å². The average Bonchev–Trinajstić information content (AvgIpc) is 3.26. The van der Waals surface area contributed by atoms with Gasteiger partial charge in [-0.15, -0.1) is 0 Å². The molecule has 2 atom stereocenters. The number of benzene rings is 1. The summed E-state index contributed by atoms with van der Waals surface area (Å²) in [5, 5.41) is 2.85. The van der Waals surface area contributed by atoms with Gasteiger partial charge in [0.15, 0.2) is 0 Å². The van der Waals surface area contributed by atoms with Crippen molar-refractivity contribution in [2.24, 2.45) is 11.8 Å². The topological polar surface area (TPSA) is 78.4 Å². The van der Waals surface area contributed by atoms with Crippen LogP contribution < -0.4 is 5.32 Å². The maximum absolute atomic E-state index is 13.2. The third kappa shape index (κ3) is 4.18. The second-order valence-electron chi connectivity index (χ2n) is 8.18. The van der Waals surface area contributed by atoms with Gasteiger partial charge in [0.2, 0.25) is 0 Å². The molecule has 0 bridgehead atoms. The molecule has 1 aromatic carbocycles. The van der Waals surface area contributed by atoms with E-state index in [4.69, 9.17) is 0 Å². The Kier molecular flexibility index (Phi) is 5.76. The van der Waals surface area contributed by atoms with Crippen molar-refractivity contribution in [2.45, 2.75) is 13.8 Å². The first kappa shape index (κ1) is 20.4. The fourth-order valence-electron chi connectivity index (χ4n) is 4.56. The Morgan fingerprint density at radius 2 is 1.77 bits per heavy atom. The highest BCUT2D eigenvalue weighted by atomic mass is 19.1. The highest BCUT2D eigenvalue weighted by Crippen LogP contribution is 2.32. The van der Waals surface area contributed by atoms with Crippen LogP contribution in [-0.2, 0) is 0 Å². The Bertz CT molecular complexity index is 932. The van der Waals surface area contributed by atoms with E-state index in [1.54, 1.807) is 6.07 Å². The molecule has 2 aliphatic rings. The molecule has 0 radical (unpaired) electrons. The summed E-state index contributed by atoms with van der Waals surface area (Å²) in [6, 6.07) is 5.69. The molecule has 2 saturated heterocycles. The molecule has 2 amide bonds. The van der Waals surface area contributed by atoms with Crippen molar-refractivity contribution in [3.63, 3.8) is 0 Å². The molecule has 1 aromatic heterocycles. The van der Waals surface area contributed by atoms with Crippen LogP contribution in [0.15, 0.2) is 30.6 Å². The van der Waals surface area contributed by atoms with Crippen LogP contribution in [0.3, 0.4) is 0 Å². The Hall–Kier alpha value is -2.87. The average molecular weight is 411 g/mol. The molecule has 2 aliphatic heterocycles. The monoisotopic (exact) mass is 411 g/mol. The van der Waals surface area contributed by atoms with Crippen molar-refractivity contribution in [2.75, 3.05) is 39.3 Å². The largest absolute Gasteiger partial charge is 0.351 e. The van der Waals surface area contributed by atoms with Crippen LogP contribution in [0.25, 0.3) is 0 Å². The SMILES string of the molecule is Cc1ncnc(C)c1C(=O)N1CC2CN(CCNC(=O)c3cccc(F)c3)CC2C1. The number of carbonyl (C=O) groups is 2. The summed E-state index contributed by atoms with van der Waals surface area (Å²) >= 11 is 0. The number of hydrogen-bond acceptors (Lipinski definition) is 5. The molecule has 0 spiro atoms. The number of hydrogen-bond donors (Lipinski definition) is 1. The van der Waals surface area contributed by atoms with E-state index >= 15 is 0 Å². The molecule has 7 nitrogen and oxygen atoms in total. The summed E-state index contributed by atoms with van der Waals surface area (Å²) < 4.78 is 13.2. The second-order valence-corrected chi connectivity index (χ2v) is 8.18. The van der Waals surface area contributed by atoms with Crippen molar-refractivity contribution in [1.29, 1.82) is 0 Å². The van der Waals surface area contributed by atoms with Crippen LogP contribution in [-0.4, -0.2) is 70.9 Å². The van der Waals surface area contributed by atoms with Crippen LogP contribution in [0.5, 0.6) is 0 Å². The van der Waals surface area contributed by atoms with Gasteiger partial charge in [0, 0.05) is 44.8 Å². The van der Waals surface area contributed by atoms with Crippen molar-refractivity contribution in [3.8, 4) is 0 Å². The molecule has 3 heterocycles. The molecule has 0 aliphatic carbocycles. The molecule has 2 fully saturated rings. The zero-order chi connectivity index (χ0) is 21.3. The standard InChI is InChI=1S/C22H26FN5O2/c1-14-20(15(2)26-13-25-14)22(30)28-11-17-9-27(10-18(17)12-28)7-6-24-21(29)16-4-3-5-19(23)8-16/h3-5,8,13,17-18H,6-7,9-12H2,1-2H3,(H,24,29). The molecule has 30 heavy (non-hydrogen) atoms. The highest BCUT2D eigenvalue weighted by molar-refractivity contribution is 5.96. The number of likely N-dealkylation sites (tertiary alicyclic amines) is 2. The summed E-state index contributed by atoms with van der Waals surface area (Å²) in [7, 11) is 0. The zero-order valence-electron chi connectivity index (χ0n) is 17.3. The van der Waals surface area contributed by atoms with Gasteiger partial charge < -0.3 is 15.1 Å². The third-order valence-corrected chi connectivity index (χ3v) is 6.09. The lowest BCUT2D eigenvalue weighted by Crippen LogP contribution is -2.37. The minimum Gasteiger partial charge on any atom is -0.351 e. The minimum absolute atomic E-state index is 0.0221. The number of nitrogens with one attached hydrogen (secondary N) is 1. The van der Waals surface area contributed by atoms with Gasteiger partial charge in [0.25, 0.3) is 11.8 Å². The summed E-state index contributed by atoms with van der Waals surface area (Å²) in [6.07, 6.45) is 1.49. The second kappa shape index (κ2) is 8.47. The normalized spacial score (nSPS) is 21.0. The van der Waals surface area contributed by atoms with E-state index in [0.29, 0.717) is 29.5 Å². The van der Waals surface area contributed by atoms with E-state index in [-0.39, 0.29) is 11.8 Å². The number of rotatable bonds is 5. The number of carbonyl (C=O) groups excluding carboxylic acids is 2. The third-order valence-electron chi connectivity index (χ3n) is 6.09. The summed E-state index contributed by atoms with van der Waals surface area (Å²) in [6.45, 7) is 8.25. The number of nitrogens with zero attached hydrogens (tertiary/aromatic N) is 4. The Balaban J connectivity index is 1.26. The maximum atomic E-state index is 13.2. The smallest absolute Gasteiger partial charge is 0.257 e. The van der Waals surface area contributed by atoms with Crippen molar-refractivity contribution in [3.05, 3.63) is 58.9 Å². The van der Waals surface area contributed by atoms with Crippen LogP contribution in [0.4, 0.5) is 4.39 Å². The highest BCUT2D eigenvalue weighted by Gasteiger charge is 2.42. The molecule has 4 rings (SSSR count). The van der Waals surface area contributed by atoms with Crippen LogP contribution in [0.1, 0.15) is 32.1 Å². The van der Waals surface area contributed by atoms with Gasteiger partial charge >= 0.3 is 0 Å². The van der Waals surface area contributed by atoms with Crippen molar-refractivity contribution >= 4 is 11.8 Å². The molecular formula is C22H26FN5O2. The molecule has 2 aromatic rings. The predicted molar refractivity (Wildman–Crippen MR) is 110 cm³/mol. The molecule has 1 N–H and O–H groups in total. The number of halogens is 1. The summed E-state index contributed by atoms with van der Waals surface area (Å²) in [5.74, 6) is 0.230. The first-order valence-electron chi connectivity index (χ1n) is 10.3. The Morgan fingerprint density at radius 1 is 1.10 bits per heavy atom. The van der Waals surface area contributed by atoms with Gasteiger partial charge in [0.05, 0.1) is 17.0 Å². The molecule has 8 heteroatoms. The van der Waals surface area contributed by atoms with Gasteiger partial charge in [0.1, 0.15) is 12.1 Å². The van der Waals surface area contributed by atoms with Crippen molar-refractivity contribution in [1.82, 2.24) is 25.1 Å². The van der Waals surface area contributed by atoms with Gasteiger partial charge in [-0.1, -0.05) is 6.07 Å². The first-order valence-corrected chi connectivity index (χ1v) is 10.3. The van der Waals surface area contributed by atoms with Gasteiger partial charge in [-0.25, -0.2) is 14.4 Å². The van der Waals surface area contributed by atoms with Crippen LogP contribution >= 0.6 is 0 Å². The Morgan fingerprint density at radius 3 is 2.40 bits per heavy atom. The number of amides is 2. The lowest BCUT2D eigenvalue weighted by molar-refractivity contribution is 0.0770. The molecular weight excluding hydrogens is 385 g/mol. The predicted octanol–water partition coefficient (Wildman–Crippen LogP) is 1.67. The molecule has 0 saturated carbocycles. The summed E-state index contributed by atoms with van der Waals surface area (Å²) in [5.41, 5.74) is 2.40. The van der Waals surface area contributed by atoms with Gasteiger partial charge in [-0.2, -0.15) is 0 Å². The van der Waals surface area contributed by atoms with Crippen molar-refractivity contribution < 1.29 is 14.0 Å². The van der Waals surface area contributed by atoms with E-state index < -0.39 is 5.82 Å². The first-order chi connectivity index (χ1) is 14.4. The van der Waals surface area contributed by atoms with Crippen LogP contribution in [0, 0.1) is 31.5 Å². The van der Waals surface area contributed by atoms with Gasteiger partial charge in [-0.05, 0) is 43.9 Å². The lowest BCUT2D eigenvalue weighted by atomic mass is 10.0. The zero-order valence-corrected chi connectivity index (χ0v) is 17.3. The quantitative estimate of drug-likeness (QED) is 0.810. The fraction of sp³-hybridized carbons (Fsp3) is 0.455. The van der Waals surface area contributed by atoms with E-state index in [1.165, 1.54) is 24.5 Å². The van der Waals surface area contributed by atoms with E-state index in [9.17, 15) is 14.0 Å². The minimum atomic E-state index is -0.415. The number of aromatic nitrogens is 2. The lowest BCUT2D eigenvalue weighted by Gasteiger charge is -2.22. The van der Waals surface area contributed by atoms with E-state index in [2.05, 4.69) is 20.2 Å². The summed E-state index contributed by atoms with van der Waals surface area (Å²) in [4.78, 5) is 37.7. The van der Waals surface area contributed by atoms with E-state index in [0.717, 1.165) is 44.1 Å². The molecule has 158 valence electrons. The number of fused-ring (bicyclic) bond motifs is 1. The van der Waals surface area contributed by atoms with Gasteiger partial charge in [-0.3, -0.25) is 9.59 Å². The van der Waals surface area contributed by atoms with Crippen LogP contribution in [0.2, 0.25) is 0 Å². The fourth-order valence-corrected chi connectivity index (χ4v) is 4.56. The number of aryl methyl sites for hydroxylation is 2.